The SMILES string of the molecule is CC1CN(Cc2ccc(C(=O)O)o2)CCS1. The van der Waals surface area contributed by atoms with E-state index in [1.54, 1.807) is 6.07 Å². The van der Waals surface area contributed by atoms with Crippen LogP contribution in [-0.4, -0.2) is 40.1 Å². The van der Waals surface area contributed by atoms with Crippen LogP contribution in [0.4, 0.5) is 0 Å². The highest BCUT2D eigenvalue weighted by Crippen LogP contribution is 2.20. The van der Waals surface area contributed by atoms with E-state index in [2.05, 4.69) is 11.8 Å². The maximum absolute atomic E-state index is 10.6. The molecular formula is C11H15NO3S. The lowest BCUT2D eigenvalue weighted by atomic mass is 10.3. The van der Waals surface area contributed by atoms with Gasteiger partial charge in [0.15, 0.2) is 0 Å². The van der Waals surface area contributed by atoms with E-state index in [0.29, 0.717) is 11.8 Å². The van der Waals surface area contributed by atoms with Gasteiger partial charge in [-0.15, -0.1) is 0 Å². The summed E-state index contributed by atoms with van der Waals surface area (Å²) in [4.78, 5) is 12.9. The van der Waals surface area contributed by atoms with Crippen LogP contribution < -0.4 is 0 Å². The number of carbonyl (C=O) groups is 1. The van der Waals surface area contributed by atoms with Crippen molar-refractivity contribution in [1.29, 1.82) is 0 Å². The zero-order valence-corrected chi connectivity index (χ0v) is 10.00. The normalized spacial score (nSPS) is 22.2. The molecule has 0 saturated carbocycles. The Hall–Kier alpha value is -0.940. The van der Waals surface area contributed by atoms with Crippen molar-refractivity contribution in [2.75, 3.05) is 18.8 Å². The van der Waals surface area contributed by atoms with Gasteiger partial charge in [-0.25, -0.2) is 4.79 Å². The highest BCUT2D eigenvalue weighted by atomic mass is 32.2. The molecule has 5 heteroatoms. The van der Waals surface area contributed by atoms with Gasteiger partial charge in [-0.2, -0.15) is 11.8 Å². The molecule has 0 spiro atoms. The second kappa shape index (κ2) is 4.93. The van der Waals surface area contributed by atoms with Crippen molar-refractivity contribution in [3.8, 4) is 0 Å². The van der Waals surface area contributed by atoms with Crippen LogP contribution in [0.1, 0.15) is 23.2 Å². The maximum Gasteiger partial charge on any atom is 0.371 e. The van der Waals surface area contributed by atoms with Crippen LogP contribution in [0.2, 0.25) is 0 Å². The molecule has 1 aromatic heterocycles. The number of hydrogen-bond donors (Lipinski definition) is 1. The lowest BCUT2D eigenvalue weighted by Gasteiger charge is -2.29. The van der Waals surface area contributed by atoms with Crippen LogP contribution >= 0.6 is 11.8 Å². The number of hydrogen-bond acceptors (Lipinski definition) is 4. The molecule has 16 heavy (non-hydrogen) atoms. The molecule has 2 heterocycles. The molecule has 4 nitrogen and oxygen atoms in total. The average Bonchev–Trinajstić information content (AvgIpc) is 2.66. The third-order valence-electron chi connectivity index (χ3n) is 2.58. The number of nitrogens with zero attached hydrogens (tertiary/aromatic N) is 1. The largest absolute Gasteiger partial charge is 0.475 e. The Kier molecular flexibility index (Phi) is 3.56. The summed E-state index contributed by atoms with van der Waals surface area (Å²) in [5, 5.41) is 9.38. The average molecular weight is 241 g/mol. The van der Waals surface area contributed by atoms with Gasteiger partial charge in [0.1, 0.15) is 5.76 Å². The van der Waals surface area contributed by atoms with Gasteiger partial charge >= 0.3 is 5.97 Å². The summed E-state index contributed by atoms with van der Waals surface area (Å²) in [6.07, 6.45) is 0. The Morgan fingerprint density at radius 1 is 1.69 bits per heavy atom. The molecule has 0 amide bonds. The first kappa shape index (κ1) is 11.5. The summed E-state index contributed by atoms with van der Waals surface area (Å²) in [6, 6.07) is 3.26. The quantitative estimate of drug-likeness (QED) is 0.876. The van der Waals surface area contributed by atoms with Crippen molar-refractivity contribution in [3.63, 3.8) is 0 Å². The predicted octanol–water partition coefficient (Wildman–Crippen LogP) is 1.92. The van der Waals surface area contributed by atoms with Crippen LogP contribution in [0.3, 0.4) is 0 Å². The van der Waals surface area contributed by atoms with E-state index in [4.69, 9.17) is 9.52 Å². The lowest BCUT2D eigenvalue weighted by molar-refractivity contribution is 0.0658. The monoisotopic (exact) mass is 241 g/mol. The molecule has 0 aliphatic carbocycles. The van der Waals surface area contributed by atoms with Crippen molar-refractivity contribution in [1.82, 2.24) is 4.90 Å². The van der Waals surface area contributed by atoms with E-state index in [1.165, 1.54) is 6.07 Å². The van der Waals surface area contributed by atoms with Crippen LogP contribution in [0.25, 0.3) is 0 Å². The number of carboxylic acid groups (broad SMARTS) is 1. The molecule has 0 bridgehead atoms. The first-order valence-electron chi connectivity index (χ1n) is 5.31. The van der Waals surface area contributed by atoms with E-state index >= 15 is 0 Å². The summed E-state index contributed by atoms with van der Waals surface area (Å²) in [5.74, 6) is 0.882. The molecule has 1 N–H and O–H groups in total. The van der Waals surface area contributed by atoms with Crippen LogP contribution in [0.15, 0.2) is 16.5 Å². The smallest absolute Gasteiger partial charge is 0.371 e. The van der Waals surface area contributed by atoms with Crippen LogP contribution in [0, 0.1) is 0 Å². The molecule has 1 aliphatic rings. The third kappa shape index (κ3) is 2.80. The molecule has 1 saturated heterocycles. The minimum absolute atomic E-state index is 0.0226. The van der Waals surface area contributed by atoms with E-state index in [0.717, 1.165) is 24.6 Å². The Balaban J connectivity index is 1.95. The van der Waals surface area contributed by atoms with E-state index in [9.17, 15) is 4.79 Å². The van der Waals surface area contributed by atoms with Crippen molar-refractivity contribution in [2.24, 2.45) is 0 Å². The minimum Gasteiger partial charge on any atom is -0.475 e. The minimum atomic E-state index is -1.01. The topological polar surface area (TPSA) is 53.7 Å². The number of carboxylic acids is 1. The maximum atomic E-state index is 10.6. The molecule has 0 aromatic carbocycles. The van der Waals surface area contributed by atoms with Gasteiger partial charge in [-0.05, 0) is 12.1 Å². The molecule has 1 atom stereocenters. The molecule has 1 aliphatic heterocycles. The lowest BCUT2D eigenvalue weighted by Crippen LogP contribution is -2.35. The van der Waals surface area contributed by atoms with Gasteiger partial charge in [0.2, 0.25) is 5.76 Å². The van der Waals surface area contributed by atoms with E-state index in [-0.39, 0.29) is 5.76 Å². The molecule has 2 rings (SSSR count). The summed E-state index contributed by atoms with van der Waals surface area (Å²) < 4.78 is 5.24. The Bertz CT molecular complexity index is 377. The number of aromatic carboxylic acids is 1. The number of rotatable bonds is 3. The van der Waals surface area contributed by atoms with Crippen molar-refractivity contribution in [2.45, 2.75) is 18.7 Å². The van der Waals surface area contributed by atoms with Gasteiger partial charge in [0, 0.05) is 24.1 Å². The van der Waals surface area contributed by atoms with Crippen molar-refractivity contribution < 1.29 is 14.3 Å². The summed E-state index contributed by atoms with van der Waals surface area (Å²) >= 11 is 1.98. The van der Waals surface area contributed by atoms with Gasteiger partial charge in [-0.1, -0.05) is 6.92 Å². The van der Waals surface area contributed by atoms with Crippen LogP contribution in [0.5, 0.6) is 0 Å². The van der Waals surface area contributed by atoms with Crippen LogP contribution in [-0.2, 0) is 6.54 Å². The third-order valence-corrected chi connectivity index (χ3v) is 3.71. The summed E-state index contributed by atoms with van der Waals surface area (Å²) in [5.41, 5.74) is 0. The fourth-order valence-corrected chi connectivity index (χ4v) is 2.91. The molecule has 88 valence electrons. The van der Waals surface area contributed by atoms with Crippen molar-refractivity contribution in [3.05, 3.63) is 23.7 Å². The molecule has 1 aromatic rings. The Labute approximate surface area is 98.6 Å². The van der Waals surface area contributed by atoms with Gasteiger partial charge < -0.3 is 9.52 Å². The van der Waals surface area contributed by atoms with E-state index in [1.807, 2.05) is 11.8 Å². The highest BCUT2D eigenvalue weighted by molar-refractivity contribution is 7.99. The molecule has 0 radical (unpaired) electrons. The number of thioether (sulfide) groups is 1. The fourth-order valence-electron chi connectivity index (χ4n) is 1.83. The summed E-state index contributed by atoms with van der Waals surface area (Å²) in [7, 11) is 0. The predicted molar refractivity (Wildman–Crippen MR) is 62.9 cm³/mol. The standard InChI is InChI=1S/C11H15NO3S/c1-8-6-12(4-5-16-8)7-9-2-3-10(15-9)11(13)14/h2-3,8H,4-7H2,1H3,(H,13,14). The van der Waals surface area contributed by atoms with Crippen molar-refractivity contribution >= 4 is 17.7 Å². The second-order valence-electron chi connectivity index (χ2n) is 3.99. The zero-order chi connectivity index (χ0) is 11.5. The molecular weight excluding hydrogens is 226 g/mol. The van der Waals surface area contributed by atoms with Gasteiger partial charge in [0.05, 0.1) is 6.54 Å². The molecule has 1 unspecified atom stereocenters. The fraction of sp³-hybridized carbons (Fsp3) is 0.545. The number of furan rings is 1. The van der Waals surface area contributed by atoms with Gasteiger partial charge in [0.25, 0.3) is 0 Å². The second-order valence-corrected chi connectivity index (χ2v) is 5.53. The van der Waals surface area contributed by atoms with E-state index < -0.39 is 5.97 Å². The Morgan fingerprint density at radius 3 is 3.12 bits per heavy atom. The first-order chi connectivity index (χ1) is 7.65. The first-order valence-corrected chi connectivity index (χ1v) is 6.36. The summed E-state index contributed by atoms with van der Waals surface area (Å²) in [6.45, 7) is 4.99. The highest BCUT2D eigenvalue weighted by Gasteiger charge is 2.18. The Morgan fingerprint density at radius 2 is 2.50 bits per heavy atom. The zero-order valence-electron chi connectivity index (χ0n) is 9.18. The molecule has 1 fully saturated rings. The van der Waals surface area contributed by atoms with Gasteiger partial charge in [-0.3, -0.25) is 4.90 Å².